The molecule has 5 aromatic heterocycles. The van der Waals surface area contributed by atoms with Crippen molar-refractivity contribution in [2.45, 2.75) is 230 Å². The van der Waals surface area contributed by atoms with Crippen LogP contribution in [-0.4, -0.2) is 0 Å². The van der Waals surface area contributed by atoms with Crippen LogP contribution < -0.4 is 0 Å². The van der Waals surface area contributed by atoms with Gasteiger partial charge in [0.2, 0.25) is 0 Å². The highest BCUT2D eigenvalue weighted by Crippen LogP contribution is 2.48. The first-order chi connectivity index (χ1) is 58.1. The van der Waals surface area contributed by atoms with Crippen LogP contribution in [0.15, 0.2) is 218 Å². The van der Waals surface area contributed by atoms with Crippen LogP contribution in [0, 0.1) is 13.7 Å². The predicted octanol–water partition coefficient (Wildman–Crippen LogP) is 34.2. The van der Waals surface area contributed by atoms with E-state index in [1.54, 1.807) is 84.4 Å². The molecule has 1 aliphatic rings. The molecular formula is C107H118S5. The summed E-state index contributed by atoms with van der Waals surface area (Å²) in [5, 5.41) is 11.9. The highest BCUT2D eigenvalue weighted by atomic mass is 32.1. The zero-order valence-corrected chi connectivity index (χ0v) is 73.6. The topological polar surface area (TPSA) is 0 Å². The van der Waals surface area contributed by atoms with Gasteiger partial charge >= 0.3 is 0 Å². The average molecular weight is 1580 g/mol. The van der Waals surface area contributed by atoms with Crippen molar-refractivity contribution >= 4 is 158 Å². The largest absolute Gasteiger partial charge is 0.135 e. The molecule has 1 aliphatic carbocycles. The molecule has 0 atom stereocenters. The third-order valence-electron chi connectivity index (χ3n) is 21.4. The summed E-state index contributed by atoms with van der Waals surface area (Å²) < 4.78 is 125. The summed E-state index contributed by atoms with van der Waals surface area (Å²) in [6.45, 7) is 40.8. The fourth-order valence-electron chi connectivity index (χ4n) is 16.1. The fraction of sp³-hybridized carbons (Fsp3) is 0.327. The van der Waals surface area contributed by atoms with E-state index in [-0.39, 0.29) is 32.5 Å². The summed E-state index contributed by atoms with van der Waals surface area (Å²) in [7, 11) is 0. The van der Waals surface area contributed by atoms with E-state index in [2.05, 4.69) is 276 Å². The van der Waals surface area contributed by atoms with Crippen molar-refractivity contribution < 1.29 is 19.2 Å². The standard InChI is InChI=1S/4C18H20S.C18H20.C17H18S/c1-5-12-10-17-14(11-15(12)18(2,3)4)13-8-6-7-9-16(13)19-17;1-5-12-15(18(2,3)4)11-10-14-13-8-6-7-9-16(13)19-17(12)14;1-5-12-10-11-14-13-8-6-7-9-15(13)19-17(14)16(12)18(2,3)4;1-5-12-10-11-15-16(17(12)18(2,3)4)13-8-6-7-9-14(13)19-15;1-12-9-16-14(11-17(12)18(2,3)4)10-13-7-5-6-8-15(13)16;1-11-13(17(2,3)4)9-10-15-16(11)12-7-5-6-8-14(12)18-15/h4*6-11H,5H2,1-4H3;5-9,11H,10H2,1-4H3;5-10H,1-4H3/i4*5D2;2*1D3. The zero-order chi connectivity index (χ0) is 92.5. The first-order valence-electron chi connectivity index (χ1n) is 46.2. The molecule has 5 heterocycles. The highest BCUT2D eigenvalue weighted by molar-refractivity contribution is 7.27. The van der Waals surface area contributed by atoms with Gasteiger partial charge in [0.05, 0.1) is 0 Å². The second kappa shape index (κ2) is 32.2. The quantitative estimate of drug-likeness (QED) is 0.165. The number of fused-ring (bicyclic) bond motifs is 18. The van der Waals surface area contributed by atoms with Gasteiger partial charge in [-0.05, 0) is 222 Å². The minimum atomic E-state index is -2.11. The summed E-state index contributed by atoms with van der Waals surface area (Å²) >= 11 is 8.68. The van der Waals surface area contributed by atoms with Gasteiger partial charge < -0.3 is 0 Å². The molecule has 18 rings (SSSR count). The van der Waals surface area contributed by atoms with Crippen LogP contribution in [-0.2, 0) is 64.4 Å². The molecule has 0 fully saturated rings. The van der Waals surface area contributed by atoms with Crippen LogP contribution in [0.2, 0.25) is 0 Å². The van der Waals surface area contributed by atoms with Crippen molar-refractivity contribution in [1.29, 1.82) is 0 Å². The van der Waals surface area contributed by atoms with E-state index in [0.29, 0.717) is 11.1 Å². The average Bonchev–Trinajstić information content (AvgIpc) is 1.61. The van der Waals surface area contributed by atoms with Crippen LogP contribution >= 0.6 is 56.7 Å². The first kappa shape index (κ1) is 65.1. The summed E-state index contributed by atoms with van der Waals surface area (Å²) in [5.74, 6) is 0. The smallest absolute Gasteiger partial charge is 0.0395 e. The number of rotatable bonds is 4. The van der Waals surface area contributed by atoms with Gasteiger partial charge in [-0.25, -0.2) is 0 Å². The minimum Gasteiger partial charge on any atom is -0.135 e. The van der Waals surface area contributed by atoms with Gasteiger partial charge in [-0.2, -0.15) is 0 Å². The van der Waals surface area contributed by atoms with E-state index in [0.717, 1.165) is 92.5 Å². The Morgan fingerprint density at radius 2 is 0.714 bits per heavy atom. The Hall–Kier alpha value is -8.26. The van der Waals surface area contributed by atoms with E-state index < -0.39 is 39.2 Å². The SMILES string of the molecule is [2H]C([2H])(C)c1c(C(C)(C)C)ccc2c1sc1ccccc12.[2H]C([2H])(C)c1cc2sc3ccccc3c2cc1C(C)(C)C.[2H]C([2H])(C)c1ccc2c(sc3ccccc32)c1C(C)(C)C.[2H]C([2H])(C)c1ccc2sc3ccccc3c2c1C(C)(C)C.[2H]C([2H])([2H])c1c(C(C)(C)C)ccc2sc3ccccc3c12.[2H]C([2H])([2H])c1cc2c(cc1C(C)(C)C)Cc1ccccc1-2. The molecule has 0 unspecified atom stereocenters. The van der Waals surface area contributed by atoms with Crippen molar-refractivity contribution in [2.75, 3.05) is 0 Å². The van der Waals surface area contributed by atoms with E-state index in [9.17, 15) is 0 Å². The number of thiophene rings is 5. The van der Waals surface area contributed by atoms with Crippen molar-refractivity contribution in [1.82, 2.24) is 0 Å². The number of aryl methyl sites for hydroxylation is 6. The van der Waals surface area contributed by atoms with Gasteiger partial charge in [-0.3, -0.25) is 0 Å². The molecule has 5 heteroatoms. The zero-order valence-electron chi connectivity index (χ0n) is 83.5. The van der Waals surface area contributed by atoms with E-state index in [1.807, 2.05) is 66.7 Å². The van der Waals surface area contributed by atoms with Crippen LogP contribution in [0.4, 0.5) is 0 Å². The summed E-state index contributed by atoms with van der Waals surface area (Å²) in [4.78, 5) is 0. The Morgan fingerprint density at radius 3 is 1.24 bits per heavy atom. The lowest BCUT2D eigenvalue weighted by Crippen LogP contribution is -2.14. The van der Waals surface area contributed by atoms with Gasteiger partial charge in [0, 0.05) is 120 Å². The number of benzene rings is 12. The molecule has 0 spiro atoms. The van der Waals surface area contributed by atoms with E-state index in [1.165, 1.54) is 92.7 Å². The van der Waals surface area contributed by atoms with Crippen molar-refractivity contribution in [3.05, 3.63) is 296 Å². The molecule has 0 aliphatic heterocycles. The Kier molecular flexibility index (Phi) is 18.7. The third kappa shape index (κ3) is 16.6. The Balaban J connectivity index is 0.000000130. The molecule has 576 valence electrons. The minimum absolute atomic E-state index is 0.0664. The van der Waals surface area contributed by atoms with Crippen molar-refractivity contribution in [3.8, 4) is 11.1 Å². The van der Waals surface area contributed by atoms with Crippen LogP contribution in [0.25, 0.3) is 112 Å². The summed E-state index contributed by atoms with van der Waals surface area (Å²) in [5.41, 5.74) is 14.8. The van der Waals surface area contributed by atoms with Gasteiger partial charge in [-0.15, -0.1) is 56.7 Å². The summed E-state index contributed by atoms with van der Waals surface area (Å²) in [6.07, 6.45) is -4.43. The Labute approximate surface area is 709 Å². The van der Waals surface area contributed by atoms with Crippen LogP contribution in [0.5, 0.6) is 0 Å². The van der Waals surface area contributed by atoms with Gasteiger partial charge in [0.25, 0.3) is 0 Å². The van der Waals surface area contributed by atoms with Gasteiger partial charge in [0.15, 0.2) is 0 Å². The van der Waals surface area contributed by atoms with Gasteiger partial charge in [-0.1, -0.05) is 316 Å². The molecule has 0 radical (unpaired) electrons. The second-order valence-electron chi connectivity index (χ2n) is 35.7. The highest BCUT2D eigenvalue weighted by Gasteiger charge is 2.28. The maximum atomic E-state index is 8.32. The molecule has 0 saturated heterocycles. The normalized spacial score (nSPS) is 15.2. The lowest BCUT2D eigenvalue weighted by atomic mass is 9.80. The van der Waals surface area contributed by atoms with E-state index >= 15 is 0 Å². The fourth-order valence-corrected chi connectivity index (χ4v) is 22.1. The number of hydrogen-bond donors (Lipinski definition) is 0. The second-order valence-corrected chi connectivity index (χ2v) is 41.1. The molecule has 0 amide bonds. The molecule has 0 nitrogen and oxygen atoms in total. The predicted molar refractivity (Wildman–Crippen MR) is 511 cm³/mol. The maximum Gasteiger partial charge on any atom is 0.0395 e. The lowest BCUT2D eigenvalue weighted by molar-refractivity contribution is 0.584. The Bertz CT molecular complexity index is 6600. The van der Waals surface area contributed by atoms with Crippen LogP contribution in [0.3, 0.4) is 0 Å². The van der Waals surface area contributed by atoms with Crippen LogP contribution in [0.1, 0.15) is 249 Å². The molecule has 112 heavy (non-hydrogen) atoms. The number of hydrogen-bond acceptors (Lipinski definition) is 5. The van der Waals surface area contributed by atoms with Crippen molar-refractivity contribution in [2.24, 2.45) is 0 Å². The monoisotopic (exact) mass is 1580 g/mol. The lowest BCUT2D eigenvalue weighted by Gasteiger charge is -2.24. The molecule has 17 aromatic rings. The first-order valence-corrected chi connectivity index (χ1v) is 43.2. The third-order valence-corrected chi connectivity index (χ3v) is 27.2. The van der Waals surface area contributed by atoms with Gasteiger partial charge in [0.1, 0.15) is 0 Å². The molecule has 0 saturated carbocycles. The molecule has 0 bridgehead atoms. The maximum absolute atomic E-state index is 8.32. The van der Waals surface area contributed by atoms with Crippen molar-refractivity contribution in [3.63, 3.8) is 0 Å². The molecular weight excluding hydrogens is 1450 g/mol. The molecule has 12 aromatic carbocycles. The van der Waals surface area contributed by atoms with E-state index in [4.69, 9.17) is 19.2 Å². The Morgan fingerprint density at radius 1 is 0.286 bits per heavy atom. The summed E-state index contributed by atoms with van der Waals surface area (Å²) in [6, 6.07) is 74.6. The molecule has 0 N–H and O–H groups in total.